The third-order valence-electron chi connectivity index (χ3n) is 2.48. The van der Waals surface area contributed by atoms with Crippen molar-refractivity contribution >= 4 is 32.9 Å². The third kappa shape index (κ3) is 21.0. The van der Waals surface area contributed by atoms with Crippen molar-refractivity contribution in [1.29, 1.82) is 0 Å². The van der Waals surface area contributed by atoms with Gasteiger partial charge in [0.15, 0.2) is 0 Å². The molecule has 0 N–H and O–H groups in total. The Bertz CT molecular complexity index is 792. The van der Waals surface area contributed by atoms with Gasteiger partial charge in [0.25, 0.3) is 11.6 Å². The first-order chi connectivity index (χ1) is 13.3. The van der Waals surface area contributed by atoms with Crippen LogP contribution in [0.1, 0.15) is 47.1 Å². The normalized spacial score (nSPS) is 9.83. The van der Waals surface area contributed by atoms with Crippen LogP contribution in [0.4, 0.5) is 11.6 Å². The Kier molecular flexibility index (Phi) is 15.7. The van der Waals surface area contributed by atoms with Crippen molar-refractivity contribution in [1.82, 2.24) is 9.97 Å². The number of rotatable bonds is 1. The molecule has 0 unspecified atom stereocenters. The molecule has 29 heavy (non-hydrogen) atoms. The predicted molar refractivity (Wildman–Crippen MR) is 120 cm³/mol. The van der Waals surface area contributed by atoms with Gasteiger partial charge in [-0.25, -0.2) is 0 Å². The van der Waals surface area contributed by atoms with E-state index < -0.39 is 0 Å². The molecule has 4 nitrogen and oxygen atoms in total. The number of pyridine rings is 2. The number of aromatic nitrogens is 2. The fourth-order valence-corrected chi connectivity index (χ4v) is 1.85. The molecule has 0 bridgehead atoms. The summed E-state index contributed by atoms with van der Waals surface area (Å²) in [7, 11) is 4.76. The zero-order valence-corrected chi connectivity index (χ0v) is 22.6. The zero-order chi connectivity index (χ0) is 23.1. The van der Waals surface area contributed by atoms with Gasteiger partial charge in [0.05, 0.1) is 0 Å². The van der Waals surface area contributed by atoms with Crippen molar-refractivity contribution in [3.05, 3.63) is 77.0 Å². The molecule has 0 aliphatic carbocycles. The van der Waals surface area contributed by atoms with Crippen molar-refractivity contribution in [3.8, 4) is 0 Å². The number of hydrogen-bond donors (Lipinski definition) is 0. The molecule has 0 aliphatic rings. The molecule has 0 fully saturated rings. The molecule has 0 amide bonds. The summed E-state index contributed by atoms with van der Waals surface area (Å²) in [5.74, 6) is 0.823. The summed E-state index contributed by atoms with van der Waals surface area (Å²) >= 11 is 6.39. The third-order valence-corrected chi connectivity index (χ3v) is 2.72. The fourth-order valence-electron chi connectivity index (χ4n) is 1.70. The summed E-state index contributed by atoms with van der Waals surface area (Å²) in [6, 6.07) is 6.99. The van der Waals surface area contributed by atoms with E-state index in [0.717, 1.165) is 23.7 Å². The summed E-state index contributed by atoms with van der Waals surface area (Å²) in [6.07, 6.45) is 4.20. The van der Waals surface area contributed by atoms with Gasteiger partial charge in [-0.2, -0.15) is 5.41 Å². The molecule has 0 spiro atoms. The molecule has 0 saturated carbocycles. The van der Waals surface area contributed by atoms with E-state index in [9.17, 15) is 0 Å². The Labute approximate surface area is 195 Å². The molecule has 0 radical (unpaired) electrons. The summed E-state index contributed by atoms with van der Waals surface area (Å²) < 4.78 is 0. The van der Waals surface area contributed by atoms with Crippen molar-refractivity contribution in [2.24, 2.45) is 10.8 Å². The molecule has 2 heterocycles. The molecule has 2 aromatic rings. The van der Waals surface area contributed by atoms with Gasteiger partial charge < -0.3 is 16.6 Å². The van der Waals surface area contributed by atoms with E-state index in [1.165, 1.54) is 17.8 Å². The first-order valence-corrected chi connectivity index (χ1v) is 13.1. The van der Waals surface area contributed by atoms with Crippen LogP contribution in [0.25, 0.3) is 9.69 Å². The van der Waals surface area contributed by atoms with Crippen LogP contribution in [0.15, 0.2) is 36.7 Å². The van der Waals surface area contributed by atoms with Crippen molar-refractivity contribution in [2.75, 3.05) is 0 Å². The summed E-state index contributed by atoms with van der Waals surface area (Å²) in [6.45, 7) is 29.9. The molecule has 7 heteroatoms. The topological polar surface area (TPSA) is 34.5 Å². The first-order valence-electron chi connectivity index (χ1n) is 8.77. The van der Waals surface area contributed by atoms with Gasteiger partial charge in [0.2, 0.25) is 0 Å². The fraction of sp³-hybridized carbons (Fsp3) is 0.409. The SMILES string of the molecule is [C-]#[N+]c1cc(CC(C)(C)C)ccn1.[C-]#[N+]c1cc(Cl)ccn1.[CH2-]C(C)(C)C.[Cl][Zn+]. The minimum atomic E-state index is 0.250. The molecule has 0 aliphatic heterocycles. The van der Waals surface area contributed by atoms with Crippen LogP contribution >= 0.6 is 21.3 Å². The standard InChI is InChI=1S/C11H14N2.C6H3ClN2.C5H11.ClH.Zn/c1-11(2,3)8-9-5-6-13-10(7-9)12-4;1-8-6-4-5(7)2-3-9-6;1-5(2,3)4;;/h5-7H,8H2,1-3H3;2-4H;1H2,2-4H3;1H;/q;;-1;;+2/p-1. The monoisotopic (exact) mass is 482 g/mol. The van der Waals surface area contributed by atoms with Crippen LogP contribution in [0, 0.1) is 30.9 Å². The average molecular weight is 485 g/mol. The molecular weight excluding hydrogens is 457 g/mol. The number of nitrogens with zero attached hydrogens (tertiary/aromatic N) is 4. The van der Waals surface area contributed by atoms with Gasteiger partial charge in [0.1, 0.15) is 12.4 Å². The van der Waals surface area contributed by atoms with Gasteiger partial charge >= 0.3 is 27.0 Å². The first kappa shape index (κ1) is 29.7. The summed E-state index contributed by atoms with van der Waals surface area (Å²) in [4.78, 5) is 14.0. The van der Waals surface area contributed by atoms with Crippen LogP contribution in [0.3, 0.4) is 0 Å². The van der Waals surface area contributed by atoms with Crippen LogP contribution in [0.5, 0.6) is 0 Å². The maximum absolute atomic E-state index is 6.83. The van der Waals surface area contributed by atoms with Crippen LogP contribution in [-0.4, -0.2) is 9.97 Å². The van der Waals surface area contributed by atoms with E-state index in [2.05, 4.69) is 68.1 Å². The average Bonchev–Trinajstić information content (AvgIpc) is 2.61. The van der Waals surface area contributed by atoms with Gasteiger partial charge in [-0.1, -0.05) is 71.9 Å². The Hall–Kier alpha value is -1.52. The molecule has 152 valence electrons. The second-order valence-corrected chi connectivity index (χ2v) is 8.81. The Morgan fingerprint density at radius 1 is 0.931 bits per heavy atom. The molecule has 0 saturated heterocycles. The Morgan fingerprint density at radius 3 is 1.69 bits per heavy atom. The van der Waals surface area contributed by atoms with E-state index in [1.54, 1.807) is 12.3 Å². The van der Waals surface area contributed by atoms with Gasteiger partial charge in [-0.05, 0) is 36.1 Å². The second-order valence-electron chi connectivity index (χ2n) is 8.38. The maximum atomic E-state index is 6.83. The minimum absolute atomic E-state index is 0.250. The Balaban J connectivity index is 0. The van der Waals surface area contributed by atoms with Gasteiger partial charge in [0, 0.05) is 5.02 Å². The van der Waals surface area contributed by atoms with Crippen LogP contribution in [-0.2, 0) is 23.7 Å². The van der Waals surface area contributed by atoms with Crippen molar-refractivity contribution in [2.45, 2.75) is 48.0 Å². The molecule has 2 rings (SSSR count). The number of halogens is 2. The molecule has 0 atom stereocenters. The van der Waals surface area contributed by atoms with E-state index in [1.807, 2.05) is 12.1 Å². The molecular formula is C22H28Cl2N4Zn. The van der Waals surface area contributed by atoms with E-state index >= 15 is 0 Å². The van der Waals surface area contributed by atoms with Crippen molar-refractivity contribution in [3.63, 3.8) is 0 Å². The molecule has 0 aromatic carbocycles. The van der Waals surface area contributed by atoms with Crippen LogP contribution in [0.2, 0.25) is 5.02 Å². The van der Waals surface area contributed by atoms with E-state index in [4.69, 9.17) is 34.4 Å². The second kappa shape index (κ2) is 15.3. The van der Waals surface area contributed by atoms with Gasteiger partial charge in [-0.15, -0.1) is 9.97 Å². The van der Waals surface area contributed by atoms with E-state index in [-0.39, 0.29) is 10.8 Å². The zero-order valence-electron chi connectivity index (χ0n) is 18.1. The van der Waals surface area contributed by atoms with Gasteiger partial charge in [-0.3, -0.25) is 0 Å². The quantitative estimate of drug-likeness (QED) is 0.303. The predicted octanol–water partition coefficient (Wildman–Crippen LogP) is 8.06. The summed E-state index contributed by atoms with van der Waals surface area (Å²) in [5, 5.41) is 0.552. The van der Waals surface area contributed by atoms with E-state index in [0.29, 0.717) is 16.7 Å². The number of hydrogen-bond acceptors (Lipinski definition) is 2. The summed E-state index contributed by atoms with van der Waals surface area (Å²) in [5.41, 5.74) is 1.70. The Morgan fingerprint density at radius 2 is 1.34 bits per heavy atom. The molecule has 2 aromatic heterocycles. The van der Waals surface area contributed by atoms with Crippen molar-refractivity contribution < 1.29 is 17.3 Å². The van der Waals surface area contributed by atoms with Crippen LogP contribution < -0.4 is 0 Å².